The first-order valence-electron chi connectivity index (χ1n) is 6.97. The molecule has 3 nitrogen and oxygen atoms in total. The van der Waals surface area contributed by atoms with Crippen LogP contribution in [0.1, 0.15) is 17.2 Å². The van der Waals surface area contributed by atoms with Crippen LogP contribution in [-0.2, 0) is 6.18 Å². The van der Waals surface area contributed by atoms with Gasteiger partial charge in [0.05, 0.1) is 5.56 Å². The number of hydrogen-bond acceptors (Lipinski definition) is 3. The predicted octanol–water partition coefficient (Wildman–Crippen LogP) is 2.84. The van der Waals surface area contributed by atoms with Gasteiger partial charge in [0.15, 0.2) is 0 Å². The number of piperazine rings is 1. The van der Waals surface area contributed by atoms with Crippen molar-refractivity contribution in [1.29, 1.82) is 0 Å². The fourth-order valence-electron chi connectivity index (χ4n) is 2.75. The summed E-state index contributed by atoms with van der Waals surface area (Å²) in [6.45, 7) is -1.06. The molecule has 1 aliphatic heterocycles. The van der Waals surface area contributed by atoms with Crippen LogP contribution in [0.2, 0.25) is 0 Å². The largest absolute Gasteiger partial charge is 0.416 e. The first kappa shape index (κ1) is 21.0. The number of benzene rings is 1. The zero-order valence-corrected chi connectivity index (χ0v) is 13.2. The molecule has 1 atom stereocenters. The number of nitrogens with zero attached hydrogens (tertiary/aromatic N) is 1. The van der Waals surface area contributed by atoms with Crippen molar-refractivity contribution >= 4 is 12.4 Å². The van der Waals surface area contributed by atoms with Gasteiger partial charge in [0.1, 0.15) is 18.5 Å². The molecule has 1 aromatic rings. The maximum Gasteiger partial charge on any atom is 0.416 e. The summed E-state index contributed by atoms with van der Waals surface area (Å²) in [7, 11) is 0. The third-order valence-corrected chi connectivity index (χ3v) is 3.76. The average molecular weight is 379 g/mol. The Morgan fingerprint density at radius 2 is 1.71 bits per heavy atom. The number of alkyl halides is 5. The molecule has 0 bridgehead atoms. The van der Waals surface area contributed by atoms with Gasteiger partial charge in [0, 0.05) is 31.7 Å². The van der Waals surface area contributed by atoms with Crippen LogP contribution in [0.25, 0.3) is 0 Å². The quantitative estimate of drug-likeness (QED) is 0.791. The van der Waals surface area contributed by atoms with Crippen LogP contribution in [0.4, 0.5) is 26.3 Å². The van der Waals surface area contributed by atoms with Gasteiger partial charge in [-0.05, 0) is 12.1 Å². The molecule has 24 heavy (non-hydrogen) atoms. The highest BCUT2D eigenvalue weighted by Gasteiger charge is 2.49. The Bertz CT molecular complexity index is 549. The van der Waals surface area contributed by atoms with E-state index in [-0.39, 0.29) is 38.6 Å². The Morgan fingerprint density at radius 3 is 2.21 bits per heavy atom. The number of aliphatic hydroxyl groups is 1. The van der Waals surface area contributed by atoms with Crippen molar-refractivity contribution < 1.29 is 31.4 Å². The predicted molar refractivity (Wildman–Crippen MR) is 77.9 cm³/mol. The minimum absolute atomic E-state index is 0. The smallest absolute Gasteiger partial charge is 0.390 e. The molecule has 1 aliphatic rings. The molecule has 10 heteroatoms. The summed E-state index contributed by atoms with van der Waals surface area (Å²) in [4.78, 5) is 1.07. The Labute approximate surface area is 141 Å². The van der Waals surface area contributed by atoms with E-state index < -0.39 is 41.7 Å². The van der Waals surface area contributed by atoms with Crippen LogP contribution in [0, 0.1) is 5.82 Å². The van der Waals surface area contributed by atoms with Gasteiger partial charge in [-0.25, -0.2) is 13.2 Å². The van der Waals surface area contributed by atoms with Crippen LogP contribution in [0.5, 0.6) is 0 Å². The van der Waals surface area contributed by atoms with Crippen LogP contribution >= 0.6 is 12.4 Å². The molecule has 0 aromatic heterocycles. The lowest BCUT2D eigenvalue weighted by atomic mass is 9.92. The van der Waals surface area contributed by atoms with E-state index in [9.17, 15) is 26.3 Å². The summed E-state index contributed by atoms with van der Waals surface area (Å²) in [6.07, 6.45) is -4.98. The van der Waals surface area contributed by atoms with Gasteiger partial charge in [-0.2, -0.15) is 13.2 Å². The third kappa shape index (κ3) is 4.33. The van der Waals surface area contributed by atoms with Crippen LogP contribution in [-0.4, -0.2) is 48.7 Å². The van der Waals surface area contributed by atoms with Gasteiger partial charge in [0.2, 0.25) is 0 Å². The lowest BCUT2D eigenvalue weighted by molar-refractivity contribution is -0.145. The van der Waals surface area contributed by atoms with Gasteiger partial charge in [0.25, 0.3) is 5.92 Å². The molecule has 2 N–H and O–H groups in total. The van der Waals surface area contributed by atoms with Crippen molar-refractivity contribution in [2.75, 3.05) is 32.8 Å². The van der Waals surface area contributed by atoms with Crippen LogP contribution < -0.4 is 5.32 Å². The van der Waals surface area contributed by atoms with Crippen molar-refractivity contribution in [2.45, 2.75) is 18.1 Å². The summed E-state index contributed by atoms with van der Waals surface area (Å²) >= 11 is 0. The summed E-state index contributed by atoms with van der Waals surface area (Å²) in [6, 6.07) is -0.0746. The molecule has 0 spiro atoms. The fourth-order valence-corrected chi connectivity index (χ4v) is 2.75. The van der Waals surface area contributed by atoms with E-state index >= 15 is 0 Å². The van der Waals surface area contributed by atoms with Crippen molar-refractivity contribution in [3.05, 3.63) is 35.1 Å². The zero-order valence-electron chi connectivity index (χ0n) is 12.4. The normalized spacial score (nSPS) is 18.1. The summed E-state index contributed by atoms with van der Waals surface area (Å²) in [5.74, 6) is -5.28. The van der Waals surface area contributed by atoms with Crippen LogP contribution in [0.15, 0.2) is 18.2 Å². The number of aliphatic hydroxyl groups excluding tert-OH is 1. The molecular formula is C14H17ClF6N2O. The van der Waals surface area contributed by atoms with Crippen LogP contribution in [0.3, 0.4) is 0 Å². The molecule has 2 rings (SSSR count). The lowest BCUT2D eigenvalue weighted by Crippen LogP contribution is -2.51. The van der Waals surface area contributed by atoms with E-state index in [4.69, 9.17) is 5.11 Å². The van der Waals surface area contributed by atoms with E-state index in [1.165, 1.54) is 0 Å². The Morgan fingerprint density at radius 1 is 1.12 bits per heavy atom. The molecule has 0 unspecified atom stereocenters. The molecule has 1 heterocycles. The van der Waals surface area contributed by atoms with Crippen molar-refractivity contribution in [2.24, 2.45) is 0 Å². The van der Waals surface area contributed by atoms with Gasteiger partial charge >= 0.3 is 6.18 Å². The average Bonchev–Trinajstić information content (AvgIpc) is 2.49. The summed E-state index contributed by atoms with van der Waals surface area (Å²) < 4.78 is 81.9. The van der Waals surface area contributed by atoms with E-state index in [1.54, 1.807) is 0 Å². The third-order valence-electron chi connectivity index (χ3n) is 3.76. The van der Waals surface area contributed by atoms with Crippen molar-refractivity contribution in [1.82, 2.24) is 10.2 Å². The Hall–Kier alpha value is -1.03. The molecule has 1 aromatic carbocycles. The van der Waals surface area contributed by atoms with E-state index in [1.807, 2.05) is 0 Å². The molecule has 138 valence electrons. The Kier molecular flexibility index (Phi) is 6.92. The molecule has 0 aliphatic carbocycles. The minimum atomic E-state index is -4.98. The lowest BCUT2D eigenvalue weighted by Gasteiger charge is -2.39. The number of rotatable bonds is 4. The second kappa shape index (κ2) is 7.90. The van der Waals surface area contributed by atoms with E-state index in [2.05, 4.69) is 5.32 Å². The summed E-state index contributed by atoms with van der Waals surface area (Å²) in [5, 5.41) is 11.8. The minimum Gasteiger partial charge on any atom is -0.390 e. The second-order valence-electron chi connectivity index (χ2n) is 5.31. The van der Waals surface area contributed by atoms with E-state index in [0.29, 0.717) is 12.1 Å². The van der Waals surface area contributed by atoms with E-state index in [0.717, 1.165) is 11.0 Å². The first-order chi connectivity index (χ1) is 10.7. The standard InChI is InChI=1S/C14H16F6N2O.ClH/c15-10-3-1-2-9(14(18,19)20)11(10)12(13(16,17)8-23)22-6-4-21-5-7-22;/h1-3,12,21,23H,4-8H2;1H/t12-;/m0./s1. The first-order valence-corrected chi connectivity index (χ1v) is 6.97. The van der Waals surface area contributed by atoms with Gasteiger partial charge in [-0.15, -0.1) is 12.4 Å². The van der Waals surface area contributed by atoms with Gasteiger partial charge in [-0.1, -0.05) is 6.07 Å². The second-order valence-corrected chi connectivity index (χ2v) is 5.31. The Balaban J connectivity index is 0.00000288. The number of nitrogens with one attached hydrogen (secondary N) is 1. The van der Waals surface area contributed by atoms with Gasteiger partial charge in [-0.3, -0.25) is 4.90 Å². The molecular weight excluding hydrogens is 362 g/mol. The highest BCUT2D eigenvalue weighted by Crippen LogP contribution is 2.43. The maximum absolute atomic E-state index is 14.2. The molecule has 0 amide bonds. The fraction of sp³-hybridized carbons (Fsp3) is 0.571. The molecule has 0 saturated carbocycles. The zero-order chi connectivity index (χ0) is 17.3. The molecule has 1 saturated heterocycles. The number of hydrogen-bond donors (Lipinski definition) is 2. The highest BCUT2D eigenvalue weighted by molar-refractivity contribution is 5.85. The maximum atomic E-state index is 14.2. The molecule has 0 radical (unpaired) electrons. The monoisotopic (exact) mass is 378 g/mol. The highest BCUT2D eigenvalue weighted by atomic mass is 35.5. The van der Waals surface area contributed by atoms with Crippen molar-refractivity contribution in [3.8, 4) is 0 Å². The number of halogens is 7. The topological polar surface area (TPSA) is 35.5 Å². The van der Waals surface area contributed by atoms with Gasteiger partial charge < -0.3 is 10.4 Å². The van der Waals surface area contributed by atoms with Crippen molar-refractivity contribution in [3.63, 3.8) is 0 Å². The SMILES string of the molecule is Cl.OCC(F)(F)[C@H](c1c(F)cccc1C(F)(F)F)N1CCNCC1. The summed E-state index contributed by atoms with van der Waals surface area (Å²) in [5.41, 5.74) is -2.57. The molecule has 1 fully saturated rings.